The summed E-state index contributed by atoms with van der Waals surface area (Å²) in [6.45, 7) is 5.69. The van der Waals surface area contributed by atoms with E-state index in [0.717, 1.165) is 37.7 Å². The van der Waals surface area contributed by atoms with Crippen LogP contribution in [0, 0.1) is 12.8 Å². The third-order valence-electron chi connectivity index (χ3n) is 4.77. The van der Waals surface area contributed by atoms with Gasteiger partial charge in [-0.05, 0) is 31.4 Å². The number of piperidine rings is 1. The molecule has 2 atom stereocenters. The molecule has 0 N–H and O–H groups in total. The smallest absolute Gasteiger partial charge is 0.250 e. The molecule has 4 heterocycles. The number of nitrogens with zero attached hydrogens (tertiary/aromatic N) is 4. The molecular formula is C17H20N4O. The Balaban J connectivity index is 1.57. The highest BCUT2D eigenvalue weighted by atomic mass is 16.1. The molecule has 1 fully saturated rings. The molecule has 2 aliphatic heterocycles. The van der Waals surface area contributed by atoms with Gasteiger partial charge in [0.2, 0.25) is 0 Å². The van der Waals surface area contributed by atoms with Crippen LogP contribution in [0.4, 0.5) is 0 Å². The normalized spacial score (nSPS) is 24.0. The molecule has 0 aliphatic carbocycles. The molecule has 4 rings (SSSR count). The van der Waals surface area contributed by atoms with E-state index in [4.69, 9.17) is 0 Å². The lowest BCUT2D eigenvalue weighted by molar-refractivity contribution is 0.113. The molecule has 5 heteroatoms. The van der Waals surface area contributed by atoms with Crippen LogP contribution in [0.1, 0.15) is 29.6 Å². The highest BCUT2D eigenvalue weighted by Gasteiger charge is 2.34. The molecule has 0 amide bonds. The minimum absolute atomic E-state index is 0.145. The van der Waals surface area contributed by atoms with Crippen LogP contribution in [-0.2, 0) is 13.1 Å². The fourth-order valence-corrected chi connectivity index (χ4v) is 3.95. The van der Waals surface area contributed by atoms with Gasteiger partial charge in [0.25, 0.3) is 5.56 Å². The Bertz CT molecular complexity index is 754. The SMILES string of the molecule is Cc1nccc(CN2C[C@@H]3C[C@@H](C2)c2cccc(=O)n2C3)n1. The minimum Gasteiger partial charge on any atom is -0.312 e. The zero-order valence-electron chi connectivity index (χ0n) is 12.8. The average molecular weight is 296 g/mol. The number of aromatic nitrogens is 3. The van der Waals surface area contributed by atoms with E-state index >= 15 is 0 Å². The van der Waals surface area contributed by atoms with Crippen molar-refractivity contribution in [3.63, 3.8) is 0 Å². The van der Waals surface area contributed by atoms with Crippen molar-refractivity contribution in [2.24, 2.45) is 5.92 Å². The summed E-state index contributed by atoms with van der Waals surface area (Å²) in [5.41, 5.74) is 2.43. The predicted octanol–water partition coefficient (Wildman–Crippen LogP) is 1.57. The van der Waals surface area contributed by atoms with E-state index in [1.54, 1.807) is 6.07 Å². The first-order valence-electron chi connectivity index (χ1n) is 7.89. The number of likely N-dealkylation sites (tertiary alicyclic amines) is 1. The quantitative estimate of drug-likeness (QED) is 0.844. The fourth-order valence-electron chi connectivity index (χ4n) is 3.95. The summed E-state index contributed by atoms with van der Waals surface area (Å²) in [6, 6.07) is 7.67. The van der Waals surface area contributed by atoms with E-state index in [2.05, 4.69) is 20.9 Å². The van der Waals surface area contributed by atoms with Gasteiger partial charge in [0.15, 0.2) is 0 Å². The topological polar surface area (TPSA) is 51.0 Å². The van der Waals surface area contributed by atoms with Crippen LogP contribution in [-0.4, -0.2) is 32.5 Å². The van der Waals surface area contributed by atoms with Gasteiger partial charge in [-0.15, -0.1) is 0 Å². The van der Waals surface area contributed by atoms with E-state index in [1.165, 1.54) is 12.1 Å². The summed E-state index contributed by atoms with van der Waals surface area (Å²) in [5, 5.41) is 0. The van der Waals surface area contributed by atoms with Gasteiger partial charge in [-0.3, -0.25) is 9.69 Å². The van der Waals surface area contributed by atoms with Crippen molar-refractivity contribution in [2.45, 2.75) is 32.4 Å². The van der Waals surface area contributed by atoms with Gasteiger partial charge in [0.05, 0.1) is 5.69 Å². The summed E-state index contributed by atoms with van der Waals surface area (Å²) < 4.78 is 1.98. The van der Waals surface area contributed by atoms with E-state index in [-0.39, 0.29) is 5.56 Å². The first-order chi connectivity index (χ1) is 10.7. The van der Waals surface area contributed by atoms with Crippen LogP contribution >= 0.6 is 0 Å². The Kier molecular flexibility index (Phi) is 3.30. The van der Waals surface area contributed by atoms with Gasteiger partial charge in [-0.25, -0.2) is 9.97 Å². The Morgan fingerprint density at radius 3 is 3.00 bits per heavy atom. The molecular weight excluding hydrogens is 276 g/mol. The van der Waals surface area contributed by atoms with Crippen molar-refractivity contribution in [2.75, 3.05) is 13.1 Å². The van der Waals surface area contributed by atoms with Gasteiger partial charge in [0.1, 0.15) is 5.82 Å². The van der Waals surface area contributed by atoms with Crippen LogP contribution in [0.3, 0.4) is 0 Å². The molecule has 2 aromatic heterocycles. The number of pyridine rings is 1. The van der Waals surface area contributed by atoms with E-state index in [9.17, 15) is 4.79 Å². The molecule has 1 saturated heterocycles. The van der Waals surface area contributed by atoms with Gasteiger partial charge in [-0.2, -0.15) is 0 Å². The fraction of sp³-hybridized carbons (Fsp3) is 0.471. The molecule has 2 aliphatic rings. The second kappa shape index (κ2) is 5.32. The van der Waals surface area contributed by atoms with Crippen LogP contribution in [0.5, 0.6) is 0 Å². The number of rotatable bonds is 2. The van der Waals surface area contributed by atoms with Gasteiger partial charge < -0.3 is 4.57 Å². The highest BCUT2D eigenvalue weighted by molar-refractivity contribution is 5.17. The maximum Gasteiger partial charge on any atom is 0.250 e. The monoisotopic (exact) mass is 296 g/mol. The maximum atomic E-state index is 12.0. The lowest BCUT2D eigenvalue weighted by atomic mass is 9.83. The van der Waals surface area contributed by atoms with Crippen LogP contribution < -0.4 is 5.56 Å². The van der Waals surface area contributed by atoms with Gasteiger partial charge >= 0.3 is 0 Å². The second-order valence-corrected chi connectivity index (χ2v) is 6.49. The van der Waals surface area contributed by atoms with Crippen LogP contribution in [0.25, 0.3) is 0 Å². The molecule has 0 spiro atoms. The van der Waals surface area contributed by atoms with Crippen LogP contribution in [0.2, 0.25) is 0 Å². The Labute approximate surface area is 129 Å². The lowest BCUT2D eigenvalue weighted by Crippen LogP contribution is -2.46. The van der Waals surface area contributed by atoms with E-state index in [1.807, 2.05) is 29.8 Å². The number of hydrogen-bond donors (Lipinski definition) is 0. The summed E-state index contributed by atoms with van der Waals surface area (Å²) in [5.74, 6) is 1.85. The second-order valence-electron chi connectivity index (χ2n) is 6.49. The standard InChI is InChI=1S/C17H20N4O/c1-12-18-6-5-15(19-12)11-20-8-13-7-14(10-20)16-3-2-4-17(22)21(16)9-13/h2-6,13-14H,7-11H2,1H3/t13-,14-/m0/s1. The molecule has 22 heavy (non-hydrogen) atoms. The zero-order valence-corrected chi connectivity index (χ0v) is 12.8. The number of fused-ring (bicyclic) bond motifs is 4. The molecule has 5 nitrogen and oxygen atoms in total. The minimum atomic E-state index is 0.145. The molecule has 0 radical (unpaired) electrons. The molecule has 2 aromatic rings. The Hall–Kier alpha value is -2.01. The van der Waals surface area contributed by atoms with Crippen molar-refractivity contribution < 1.29 is 0 Å². The molecule has 2 bridgehead atoms. The van der Waals surface area contributed by atoms with Crippen molar-refractivity contribution in [1.29, 1.82) is 0 Å². The first kappa shape index (κ1) is 13.6. The average Bonchev–Trinajstić information content (AvgIpc) is 2.48. The summed E-state index contributed by atoms with van der Waals surface area (Å²) in [7, 11) is 0. The predicted molar refractivity (Wildman–Crippen MR) is 83.6 cm³/mol. The van der Waals surface area contributed by atoms with Crippen molar-refractivity contribution in [3.05, 3.63) is 58.0 Å². The van der Waals surface area contributed by atoms with E-state index < -0.39 is 0 Å². The largest absolute Gasteiger partial charge is 0.312 e. The van der Waals surface area contributed by atoms with Gasteiger partial charge in [0, 0.05) is 50.1 Å². The highest BCUT2D eigenvalue weighted by Crippen LogP contribution is 2.35. The lowest BCUT2D eigenvalue weighted by Gasteiger charge is -2.42. The van der Waals surface area contributed by atoms with Crippen molar-refractivity contribution >= 4 is 0 Å². The summed E-state index contributed by atoms with van der Waals surface area (Å²) >= 11 is 0. The number of hydrogen-bond acceptors (Lipinski definition) is 4. The molecule has 0 unspecified atom stereocenters. The summed E-state index contributed by atoms with van der Waals surface area (Å²) in [6.07, 6.45) is 3.03. The molecule has 114 valence electrons. The Morgan fingerprint density at radius 2 is 2.14 bits per heavy atom. The maximum absolute atomic E-state index is 12.0. The summed E-state index contributed by atoms with van der Waals surface area (Å²) in [4.78, 5) is 23.2. The van der Waals surface area contributed by atoms with Crippen molar-refractivity contribution in [1.82, 2.24) is 19.4 Å². The van der Waals surface area contributed by atoms with Gasteiger partial charge in [-0.1, -0.05) is 6.07 Å². The van der Waals surface area contributed by atoms with Crippen molar-refractivity contribution in [3.8, 4) is 0 Å². The Morgan fingerprint density at radius 1 is 1.23 bits per heavy atom. The zero-order chi connectivity index (χ0) is 15.1. The van der Waals surface area contributed by atoms with E-state index in [0.29, 0.717) is 11.8 Å². The third kappa shape index (κ3) is 2.46. The first-order valence-corrected chi connectivity index (χ1v) is 7.89. The molecule has 0 aromatic carbocycles. The van der Waals surface area contributed by atoms with Crippen LogP contribution in [0.15, 0.2) is 35.3 Å². The molecule has 0 saturated carbocycles. The third-order valence-corrected chi connectivity index (χ3v) is 4.77. The number of aryl methyl sites for hydroxylation is 1.